The average molecular weight is 444 g/mol. The Kier molecular flexibility index (Phi) is 4.86. The minimum Gasteiger partial charge on any atom is -0.322 e. The Morgan fingerprint density at radius 3 is 2.25 bits per heavy atom. The largest absolute Gasteiger partial charge is 0.322 e. The lowest BCUT2D eigenvalue weighted by molar-refractivity contribution is 0.102. The molecule has 0 aliphatic carbocycles. The van der Waals surface area contributed by atoms with Crippen molar-refractivity contribution < 1.29 is 4.79 Å². The second kappa shape index (κ2) is 6.26. The lowest BCUT2D eigenvalue weighted by Gasteiger charge is -2.13. The highest BCUT2D eigenvalue weighted by Gasteiger charge is 2.14. The number of halogens is 2. The number of amides is 1. The van der Waals surface area contributed by atoms with Crippen molar-refractivity contribution in [2.24, 2.45) is 0 Å². The molecule has 0 saturated carbocycles. The molecular weight excluding hydrogens is 429 g/mol. The first-order valence-electron chi connectivity index (χ1n) is 6.23. The zero-order valence-electron chi connectivity index (χ0n) is 11.6. The first-order chi connectivity index (χ1) is 9.40. The summed E-state index contributed by atoms with van der Waals surface area (Å²) in [7, 11) is 0. The summed E-state index contributed by atoms with van der Waals surface area (Å²) in [5, 5.41) is 2.94. The molecule has 0 radical (unpaired) electrons. The van der Waals surface area contributed by atoms with Gasteiger partial charge in [-0.2, -0.15) is 0 Å². The summed E-state index contributed by atoms with van der Waals surface area (Å²) >= 11 is 5.75. The predicted octanol–water partition coefficient (Wildman–Crippen LogP) is 5.23. The molecule has 0 aliphatic heterocycles. The molecule has 0 fully saturated rings. The van der Waals surface area contributed by atoms with E-state index in [1.807, 2.05) is 51.1 Å². The fourth-order valence-corrected chi connectivity index (χ4v) is 2.86. The number of rotatable bonds is 2. The number of carbonyl (C=O) groups is 1. The molecule has 20 heavy (non-hydrogen) atoms. The monoisotopic (exact) mass is 443 g/mol. The van der Waals surface area contributed by atoms with Crippen LogP contribution in [0.4, 0.5) is 5.69 Å². The van der Waals surface area contributed by atoms with E-state index in [0.717, 1.165) is 24.9 Å². The van der Waals surface area contributed by atoms with E-state index in [0.29, 0.717) is 5.56 Å². The van der Waals surface area contributed by atoms with E-state index in [4.69, 9.17) is 0 Å². The number of hydrogen-bond donors (Lipinski definition) is 1. The quantitative estimate of drug-likeness (QED) is 0.632. The minimum atomic E-state index is -0.0764. The second-order valence-corrected chi connectivity index (χ2v) is 6.84. The molecule has 1 N–H and O–H groups in total. The maximum Gasteiger partial charge on any atom is 0.255 e. The van der Waals surface area contributed by atoms with Gasteiger partial charge in [0.2, 0.25) is 0 Å². The van der Waals surface area contributed by atoms with Gasteiger partial charge in [-0.1, -0.05) is 15.9 Å². The van der Waals surface area contributed by atoms with E-state index in [9.17, 15) is 4.79 Å². The first kappa shape index (κ1) is 15.5. The van der Waals surface area contributed by atoms with Gasteiger partial charge in [-0.3, -0.25) is 4.79 Å². The number of anilines is 1. The van der Waals surface area contributed by atoms with Crippen LogP contribution in [-0.4, -0.2) is 5.91 Å². The number of benzene rings is 2. The third-order valence-electron chi connectivity index (χ3n) is 3.51. The summed E-state index contributed by atoms with van der Waals surface area (Å²) < 4.78 is 2.11. The van der Waals surface area contributed by atoms with Gasteiger partial charge in [0, 0.05) is 19.3 Å². The normalized spacial score (nSPS) is 10.4. The fraction of sp³-hybridized carbons (Fsp3) is 0.188. The van der Waals surface area contributed by atoms with Crippen LogP contribution >= 0.6 is 38.5 Å². The first-order valence-corrected chi connectivity index (χ1v) is 8.10. The zero-order chi connectivity index (χ0) is 14.9. The number of hydrogen-bond acceptors (Lipinski definition) is 1. The molecule has 0 spiro atoms. The van der Waals surface area contributed by atoms with Gasteiger partial charge in [-0.05, 0) is 90.4 Å². The van der Waals surface area contributed by atoms with Crippen LogP contribution < -0.4 is 5.32 Å². The third-order valence-corrected chi connectivity index (χ3v) is 5.05. The van der Waals surface area contributed by atoms with Crippen LogP contribution in [0.2, 0.25) is 0 Å². The highest BCUT2D eigenvalue weighted by molar-refractivity contribution is 14.1. The molecule has 0 atom stereocenters. The van der Waals surface area contributed by atoms with E-state index < -0.39 is 0 Å². The van der Waals surface area contributed by atoms with E-state index in [1.165, 1.54) is 5.56 Å². The van der Waals surface area contributed by atoms with Crippen LogP contribution in [0.5, 0.6) is 0 Å². The molecular formula is C16H15BrINO. The summed E-state index contributed by atoms with van der Waals surface area (Å²) in [6, 6.07) is 9.65. The van der Waals surface area contributed by atoms with Crippen molar-refractivity contribution in [1.82, 2.24) is 0 Å². The summed E-state index contributed by atoms with van der Waals surface area (Å²) in [5.74, 6) is -0.0764. The predicted molar refractivity (Wildman–Crippen MR) is 95.5 cm³/mol. The van der Waals surface area contributed by atoms with Crippen LogP contribution in [-0.2, 0) is 0 Å². The highest BCUT2D eigenvalue weighted by atomic mass is 127. The van der Waals surface area contributed by atoms with Crippen molar-refractivity contribution in [3.8, 4) is 0 Å². The maximum absolute atomic E-state index is 12.4. The summed E-state index contributed by atoms with van der Waals surface area (Å²) in [4.78, 5) is 12.4. The molecule has 0 aromatic heterocycles. The van der Waals surface area contributed by atoms with Crippen LogP contribution in [0.15, 0.2) is 34.8 Å². The van der Waals surface area contributed by atoms with Gasteiger partial charge in [0.1, 0.15) is 0 Å². The maximum atomic E-state index is 12.4. The van der Waals surface area contributed by atoms with Gasteiger partial charge in [0.25, 0.3) is 5.91 Å². The smallest absolute Gasteiger partial charge is 0.255 e. The lowest BCUT2D eigenvalue weighted by atomic mass is 9.98. The van der Waals surface area contributed by atoms with Gasteiger partial charge < -0.3 is 5.32 Å². The summed E-state index contributed by atoms with van der Waals surface area (Å²) in [5.41, 5.74) is 4.86. The van der Waals surface area contributed by atoms with Crippen LogP contribution in [0.1, 0.15) is 27.0 Å². The molecule has 0 saturated heterocycles. The van der Waals surface area contributed by atoms with Gasteiger partial charge in [-0.25, -0.2) is 0 Å². The Morgan fingerprint density at radius 2 is 1.65 bits per heavy atom. The summed E-state index contributed by atoms with van der Waals surface area (Å²) in [6.07, 6.45) is 0. The lowest BCUT2D eigenvalue weighted by Crippen LogP contribution is -2.14. The van der Waals surface area contributed by atoms with Crippen molar-refractivity contribution in [3.05, 3.63) is 60.6 Å². The van der Waals surface area contributed by atoms with Gasteiger partial charge in [-0.15, -0.1) is 0 Å². The van der Waals surface area contributed by atoms with Gasteiger partial charge in [0.05, 0.1) is 0 Å². The minimum absolute atomic E-state index is 0.0764. The van der Waals surface area contributed by atoms with Crippen molar-refractivity contribution in [2.75, 3.05) is 5.32 Å². The van der Waals surface area contributed by atoms with Crippen LogP contribution in [0, 0.1) is 24.3 Å². The molecule has 2 aromatic rings. The third kappa shape index (κ3) is 3.23. The van der Waals surface area contributed by atoms with Gasteiger partial charge in [0.15, 0.2) is 0 Å². The average Bonchev–Trinajstić information content (AvgIpc) is 2.43. The van der Waals surface area contributed by atoms with Crippen molar-refractivity contribution in [1.29, 1.82) is 0 Å². The highest BCUT2D eigenvalue weighted by Crippen LogP contribution is 2.26. The second-order valence-electron chi connectivity index (χ2n) is 4.74. The van der Waals surface area contributed by atoms with E-state index >= 15 is 0 Å². The fourth-order valence-electron chi connectivity index (χ4n) is 1.97. The van der Waals surface area contributed by atoms with Crippen molar-refractivity contribution in [3.63, 3.8) is 0 Å². The molecule has 2 aromatic carbocycles. The standard InChI is InChI=1S/C16H15BrINO/c1-9-10(2)14(8-15(17)11(9)3)16(20)19-13-6-4-12(18)5-7-13/h4-8H,1-3H3,(H,19,20). The van der Waals surface area contributed by atoms with E-state index in [-0.39, 0.29) is 5.91 Å². The number of carbonyl (C=O) groups excluding carboxylic acids is 1. The Morgan fingerprint density at radius 1 is 1.05 bits per heavy atom. The molecule has 1 amide bonds. The molecule has 0 bridgehead atoms. The Hall–Kier alpha value is -0.880. The van der Waals surface area contributed by atoms with Crippen LogP contribution in [0.25, 0.3) is 0 Å². The topological polar surface area (TPSA) is 29.1 Å². The van der Waals surface area contributed by atoms with Crippen molar-refractivity contribution in [2.45, 2.75) is 20.8 Å². The SMILES string of the molecule is Cc1c(Br)cc(C(=O)Nc2ccc(I)cc2)c(C)c1C. The van der Waals surface area contributed by atoms with E-state index in [2.05, 4.69) is 43.8 Å². The molecule has 2 rings (SSSR count). The van der Waals surface area contributed by atoms with E-state index in [1.54, 1.807) is 0 Å². The van der Waals surface area contributed by atoms with Gasteiger partial charge >= 0.3 is 0 Å². The Bertz CT molecular complexity index is 665. The molecule has 0 unspecified atom stereocenters. The Labute approximate surface area is 141 Å². The Balaban J connectivity index is 2.32. The molecule has 4 heteroatoms. The number of nitrogens with one attached hydrogen (secondary N) is 1. The molecule has 2 nitrogen and oxygen atoms in total. The summed E-state index contributed by atoms with van der Waals surface area (Å²) in [6.45, 7) is 6.07. The molecule has 0 aliphatic rings. The van der Waals surface area contributed by atoms with Crippen molar-refractivity contribution >= 4 is 50.1 Å². The molecule has 0 heterocycles. The molecule has 104 valence electrons. The zero-order valence-corrected chi connectivity index (χ0v) is 15.3. The van der Waals surface area contributed by atoms with Crippen LogP contribution in [0.3, 0.4) is 0 Å².